The van der Waals surface area contributed by atoms with Crippen LogP contribution >= 0.6 is 0 Å². The molecule has 3 atom stereocenters. The summed E-state index contributed by atoms with van der Waals surface area (Å²) in [4.78, 5) is 11.0. The van der Waals surface area contributed by atoms with Crippen LogP contribution in [-0.2, 0) is 4.79 Å². The van der Waals surface area contributed by atoms with Crippen LogP contribution in [0, 0.1) is 16.7 Å². The average Bonchev–Trinajstić information content (AvgIpc) is 2.86. The summed E-state index contributed by atoms with van der Waals surface area (Å²) in [6.07, 6.45) is 6.20. The Labute approximate surface area is 143 Å². The number of rotatable bonds is 4. The Bertz CT molecular complexity index is 704. The fourth-order valence-electron chi connectivity index (χ4n) is 5.12. The summed E-state index contributed by atoms with van der Waals surface area (Å²) >= 11 is 0. The fraction of sp³-hybridized carbons (Fsp3) is 0.550. The molecule has 0 radical (unpaired) electrons. The number of fused-ring (bicyclic) bond motifs is 2. The molecule has 4 nitrogen and oxygen atoms in total. The first-order valence-corrected chi connectivity index (χ1v) is 8.53. The number of hydrogen-bond acceptors (Lipinski definition) is 3. The van der Waals surface area contributed by atoms with Gasteiger partial charge in [0.25, 0.3) is 0 Å². The van der Waals surface area contributed by atoms with Gasteiger partial charge in [0.1, 0.15) is 0 Å². The number of aliphatic carboxylic acids is 1. The minimum absolute atomic E-state index is 0.115. The van der Waals surface area contributed by atoms with E-state index in [0.717, 1.165) is 30.0 Å². The molecule has 4 heteroatoms. The molecule has 2 aliphatic rings. The number of benzene rings is 1. The number of carbonyl (C=O) groups is 1. The van der Waals surface area contributed by atoms with E-state index in [2.05, 4.69) is 20.8 Å². The Morgan fingerprint density at radius 3 is 2.54 bits per heavy atom. The predicted octanol–water partition coefficient (Wildman–Crippen LogP) is 4.43. The van der Waals surface area contributed by atoms with E-state index in [1.165, 1.54) is 6.42 Å². The lowest BCUT2D eigenvalue weighted by atomic mass is 9.64. The van der Waals surface area contributed by atoms with Crippen molar-refractivity contribution in [1.29, 1.82) is 0 Å². The molecule has 2 bridgehead atoms. The van der Waals surface area contributed by atoms with Gasteiger partial charge in [-0.05, 0) is 59.6 Å². The third kappa shape index (κ3) is 2.23. The Balaban J connectivity index is 2.17. The van der Waals surface area contributed by atoms with Gasteiger partial charge in [0.15, 0.2) is 11.5 Å². The highest BCUT2D eigenvalue weighted by Gasteiger charge is 2.62. The third-order valence-corrected chi connectivity index (χ3v) is 6.96. The second kappa shape index (κ2) is 5.54. The standard InChI is InChI=1S/C20H26O4/c1-19(2)13-9-10-20(19,3)14(11-13)17-12(6-8-16(22)23)5-7-15(21)18(17)24-4/h5-8,13-14,21H,9-11H2,1-4H3,(H,22,23). The lowest BCUT2D eigenvalue weighted by Gasteiger charge is -2.40. The normalized spacial score (nSPS) is 30.8. The van der Waals surface area contributed by atoms with Crippen LogP contribution in [0.4, 0.5) is 0 Å². The molecule has 2 fully saturated rings. The molecule has 3 unspecified atom stereocenters. The van der Waals surface area contributed by atoms with E-state index in [1.807, 2.05) is 0 Å². The number of methoxy groups -OCH3 is 1. The van der Waals surface area contributed by atoms with Crippen LogP contribution in [0.5, 0.6) is 11.5 Å². The van der Waals surface area contributed by atoms with Crippen molar-refractivity contribution in [3.05, 3.63) is 29.3 Å². The molecule has 2 N–H and O–H groups in total. The van der Waals surface area contributed by atoms with Gasteiger partial charge < -0.3 is 14.9 Å². The summed E-state index contributed by atoms with van der Waals surface area (Å²) in [7, 11) is 1.56. The number of ether oxygens (including phenoxy) is 1. The molecule has 1 aromatic rings. The zero-order valence-electron chi connectivity index (χ0n) is 14.8. The van der Waals surface area contributed by atoms with Gasteiger partial charge >= 0.3 is 5.97 Å². The number of aromatic hydroxyl groups is 1. The smallest absolute Gasteiger partial charge is 0.328 e. The number of phenols is 1. The zero-order chi connectivity index (χ0) is 17.7. The van der Waals surface area contributed by atoms with E-state index in [-0.39, 0.29) is 22.5 Å². The van der Waals surface area contributed by atoms with Crippen molar-refractivity contribution in [3.63, 3.8) is 0 Å². The van der Waals surface area contributed by atoms with Crippen molar-refractivity contribution >= 4 is 12.0 Å². The molecule has 2 aliphatic carbocycles. The highest BCUT2D eigenvalue weighted by Crippen LogP contribution is 2.72. The van der Waals surface area contributed by atoms with Crippen molar-refractivity contribution in [2.75, 3.05) is 7.11 Å². The summed E-state index contributed by atoms with van der Waals surface area (Å²) < 4.78 is 5.53. The van der Waals surface area contributed by atoms with Crippen molar-refractivity contribution in [1.82, 2.24) is 0 Å². The van der Waals surface area contributed by atoms with E-state index in [0.29, 0.717) is 11.7 Å². The van der Waals surface area contributed by atoms with E-state index >= 15 is 0 Å². The minimum atomic E-state index is -0.979. The SMILES string of the molecule is COc1c(O)ccc(C=CC(=O)O)c1C1CC2CCC1(C)C2(C)C. The maximum Gasteiger partial charge on any atom is 0.328 e. The molecule has 0 saturated heterocycles. The molecule has 2 saturated carbocycles. The van der Waals surface area contributed by atoms with Gasteiger partial charge in [-0.15, -0.1) is 0 Å². The first kappa shape index (κ1) is 16.9. The van der Waals surface area contributed by atoms with Crippen molar-refractivity contribution in [3.8, 4) is 11.5 Å². The van der Waals surface area contributed by atoms with Crippen LogP contribution in [-0.4, -0.2) is 23.3 Å². The first-order valence-electron chi connectivity index (χ1n) is 8.53. The molecule has 1 aromatic carbocycles. The number of carboxylic acids is 1. The van der Waals surface area contributed by atoms with Crippen LogP contribution in [0.3, 0.4) is 0 Å². The quantitative estimate of drug-likeness (QED) is 0.802. The number of carboxylic acid groups (broad SMARTS) is 1. The maximum atomic E-state index is 11.0. The van der Waals surface area contributed by atoms with Crippen LogP contribution in [0.15, 0.2) is 18.2 Å². The van der Waals surface area contributed by atoms with Gasteiger partial charge in [0, 0.05) is 11.6 Å². The summed E-state index contributed by atoms with van der Waals surface area (Å²) in [5, 5.41) is 19.3. The Hall–Kier alpha value is -1.97. The van der Waals surface area contributed by atoms with Crippen molar-refractivity contribution in [2.24, 2.45) is 16.7 Å². The van der Waals surface area contributed by atoms with E-state index in [4.69, 9.17) is 9.84 Å². The predicted molar refractivity (Wildman–Crippen MR) is 93.3 cm³/mol. The highest BCUT2D eigenvalue weighted by atomic mass is 16.5. The monoisotopic (exact) mass is 330 g/mol. The molecule has 0 aliphatic heterocycles. The Kier molecular flexibility index (Phi) is 3.89. The molecular formula is C20H26O4. The third-order valence-electron chi connectivity index (χ3n) is 6.96. The topological polar surface area (TPSA) is 66.8 Å². The molecule has 24 heavy (non-hydrogen) atoms. The second-order valence-corrected chi connectivity index (χ2v) is 7.96. The summed E-state index contributed by atoms with van der Waals surface area (Å²) in [6.45, 7) is 7.01. The maximum absolute atomic E-state index is 11.0. The van der Waals surface area contributed by atoms with E-state index in [1.54, 1.807) is 25.3 Å². The van der Waals surface area contributed by atoms with Gasteiger partial charge in [-0.25, -0.2) is 4.79 Å². The Morgan fingerprint density at radius 1 is 1.33 bits per heavy atom. The number of hydrogen-bond donors (Lipinski definition) is 2. The molecule has 3 rings (SSSR count). The average molecular weight is 330 g/mol. The minimum Gasteiger partial charge on any atom is -0.504 e. The van der Waals surface area contributed by atoms with Crippen LogP contribution in [0.1, 0.15) is 57.1 Å². The fourth-order valence-corrected chi connectivity index (χ4v) is 5.12. The van der Waals surface area contributed by atoms with Gasteiger partial charge in [0.2, 0.25) is 0 Å². The second-order valence-electron chi connectivity index (χ2n) is 7.96. The molecule has 0 spiro atoms. The molecule has 0 heterocycles. The molecule has 0 aromatic heterocycles. The van der Waals surface area contributed by atoms with Gasteiger partial charge in [-0.3, -0.25) is 0 Å². The summed E-state index contributed by atoms with van der Waals surface area (Å²) in [5.41, 5.74) is 2.11. The van der Waals surface area contributed by atoms with Crippen molar-refractivity contribution in [2.45, 2.75) is 46.0 Å². The van der Waals surface area contributed by atoms with Gasteiger partial charge in [0.05, 0.1) is 7.11 Å². The first-order chi connectivity index (χ1) is 11.2. The molecule has 0 amide bonds. The lowest BCUT2D eigenvalue weighted by Crippen LogP contribution is -2.31. The van der Waals surface area contributed by atoms with Crippen LogP contribution in [0.2, 0.25) is 0 Å². The van der Waals surface area contributed by atoms with Crippen LogP contribution in [0.25, 0.3) is 6.08 Å². The van der Waals surface area contributed by atoms with Crippen LogP contribution < -0.4 is 4.74 Å². The molecular weight excluding hydrogens is 304 g/mol. The van der Waals surface area contributed by atoms with Crippen molar-refractivity contribution < 1.29 is 19.7 Å². The highest BCUT2D eigenvalue weighted by molar-refractivity contribution is 5.86. The van der Waals surface area contributed by atoms with Gasteiger partial charge in [-0.2, -0.15) is 0 Å². The van der Waals surface area contributed by atoms with E-state index in [9.17, 15) is 9.90 Å². The van der Waals surface area contributed by atoms with Gasteiger partial charge in [-0.1, -0.05) is 26.8 Å². The largest absolute Gasteiger partial charge is 0.504 e. The van der Waals surface area contributed by atoms with E-state index < -0.39 is 5.97 Å². The lowest BCUT2D eigenvalue weighted by molar-refractivity contribution is -0.131. The summed E-state index contributed by atoms with van der Waals surface area (Å²) in [5.74, 6) is 0.520. The Morgan fingerprint density at radius 2 is 2.04 bits per heavy atom. The molecule has 130 valence electrons. The summed E-state index contributed by atoms with van der Waals surface area (Å²) in [6, 6.07) is 3.36. The zero-order valence-corrected chi connectivity index (χ0v) is 14.8. The number of phenolic OH excluding ortho intramolecular Hbond substituents is 1.